The molecule has 0 aromatic heterocycles. The van der Waals surface area contributed by atoms with E-state index in [1.54, 1.807) is 7.05 Å². The van der Waals surface area contributed by atoms with Gasteiger partial charge in [-0.25, -0.2) is 4.79 Å². The first kappa shape index (κ1) is 33.3. The Morgan fingerprint density at radius 2 is 1.29 bits per heavy atom. The smallest absolute Gasteiger partial charge is 0.409 e. The normalized spacial score (nSPS) is 11.8. The zero-order chi connectivity index (χ0) is 32.2. The molecular weight excluding hydrogens is 586 g/mol. The summed E-state index contributed by atoms with van der Waals surface area (Å²) in [5.41, 5.74) is 5.52. The molecule has 0 bridgehead atoms. The van der Waals surface area contributed by atoms with E-state index in [1.807, 2.05) is 118 Å². The summed E-state index contributed by atoms with van der Waals surface area (Å²) in [7, 11) is 1.69. The molecule has 0 saturated carbocycles. The molecule has 0 saturated heterocycles. The van der Waals surface area contributed by atoms with Gasteiger partial charge < -0.3 is 19.1 Å². The van der Waals surface area contributed by atoms with E-state index in [0.717, 1.165) is 33.4 Å². The van der Waals surface area contributed by atoms with Crippen molar-refractivity contribution < 1.29 is 23.8 Å². The zero-order valence-electron chi connectivity index (χ0n) is 26.3. The number of carbonyl (C=O) groups excluding carboxylic acids is 2. The fourth-order valence-corrected chi connectivity index (χ4v) is 4.74. The number of allylic oxidation sites excluding steroid dienone is 1. The molecule has 7 heteroatoms. The van der Waals surface area contributed by atoms with Crippen molar-refractivity contribution in [2.75, 3.05) is 26.1 Å². The van der Waals surface area contributed by atoms with E-state index in [9.17, 15) is 9.59 Å². The second kappa shape index (κ2) is 16.0. The van der Waals surface area contributed by atoms with E-state index in [4.69, 9.17) is 25.8 Å². The molecule has 234 valence electrons. The summed E-state index contributed by atoms with van der Waals surface area (Å²) in [6, 6.07) is 35.2. The number of halogens is 1. The lowest BCUT2D eigenvalue weighted by Gasteiger charge is -2.19. The topological polar surface area (TPSA) is 65.1 Å². The molecule has 1 amide bonds. The summed E-state index contributed by atoms with van der Waals surface area (Å²) in [4.78, 5) is 26.3. The van der Waals surface area contributed by atoms with Crippen molar-refractivity contribution in [3.8, 4) is 11.5 Å². The predicted octanol–water partition coefficient (Wildman–Crippen LogP) is 8.87. The second-order valence-corrected chi connectivity index (χ2v) is 12.0. The third-order valence-corrected chi connectivity index (χ3v) is 7.28. The number of likely N-dealkylation sites (N-methyl/N-ethyl adjacent to an activating group) is 1. The van der Waals surface area contributed by atoms with Gasteiger partial charge in [-0.2, -0.15) is 0 Å². The number of carbonyl (C=O) groups is 2. The Labute approximate surface area is 271 Å². The average molecular weight is 626 g/mol. The Bertz CT molecular complexity index is 1560. The van der Waals surface area contributed by atoms with Crippen LogP contribution in [0.25, 0.3) is 11.1 Å². The van der Waals surface area contributed by atoms with Gasteiger partial charge in [-0.3, -0.25) is 4.79 Å². The Morgan fingerprint density at radius 1 is 0.733 bits per heavy atom. The van der Waals surface area contributed by atoms with Crippen molar-refractivity contribution in [3.63, 3.8) is 0 Å². The number of alkyl halides is 1. The summed E-state index contributed by atoms with van der Waals surface area (Å²) in [5.74, 6) is 1.35. The van der Waals surface area contributed by atoms with Gasteiger partial charge in [0.2, 0.25) is 0 Å². The van der Waals surface area contributed by atoms with Gasteiger partial charge in [0.1, 0.15) is 24.7 Å². The summed E-state index contributed by atoms with van der Waals surface area (Å²) in [5, 5.41) is 0. The standard InChI is InChI=1S/C38H40ClNO5/c1-38(2,3)36(41)45-33-21-17-31(18-22-33)35(34(23-24-39)29-13-9-6-10-14-29)30-15-19-32(20-16-30)43-26-25-40(4)37(42)44-27-28-11-7-5-8-12-28/h5-22H,23-27H2,1-4H3. The Morgan fingerprint density at radius 3 is 1.84 bits per heavy atom. The highest BCUT2D eigenvalue weighted by molar-refractivity contribution is 6.18. The average Bonchev–Trinajstić information content (AvgIpc) is 3.05. The van der Waals surface area contributed by atoms with Crippen LogP contribution in [-0.2, 0) is 16.1 Å². The fourth-order valence-electron chi connectivity index (χ4n) is 4.55. The molecule has 0 fully saturated rings. The van der Waals surface area contributed by atoms with Crippen LogP contribution in [0, 0.1) is 5.41 Å². The highest BCUT2D eigenvalue weighted by Crippen LogP contribution is 2.36. The molecule has 0 atom stereocenters. The van der Waals surface area contributed by atoms with Crippen molar-refractivity contribution in [2.24, 2.45) is 5.41 Å². The Balaban J connectivity index is 1.50. The first-order valence-corrected chi connectivity index (χ1v) is 15.5. The third-order valence-electron chi connectivity index (χ3n) is 7.09. The quantitative estimate of drug-likeness (QED) is 0.0681. The lowest BCUT2D eigenvalue weighted by molar-refractivity contribution is -0.143. The number of hydrogen-bond acceptors (Lipinski definition) is 5. The molecule has 4 aromatic rings. The number of esters is 1. The van der Waals surface area contributed by atoms with Crippen molar-refractivity contribution in [1.82, 2.24) is 4.90 Å². The van der Waals surface area contributed by atoms with Crippen LogP contribution in [0.5, 0.6) is 11.5 Å². The molecule has 0 aliphatic rings. The van der Waals surface area contributed by atoms with E-state index < -0.39 is 11.5 Å². The van der Waals surface area contributed by atoms with Crippen molar-refractivity contribution in [1.29, 1.82) is 0 Å². The van der Waals surface area contributed by atoms with E-state index in [1.165, 1.54) is 4.90 Å². The molecule has 45 heavy (non-hydrogen) atoms. The summed E-state index contributed by atoms with van der Waals surface area (Å²) >= 11 is 6.32. The lowest BCUT2D eigenvalue weighted by Crippen LogP contribution is -2.31. The van der Waals surface area contributed by atoms with Crippen LogP contribution in [0.2, 0.25) is 0 Å². The maximum absolute atomic E-state index is 12.4. The van der Waals surface area contributed by atoms with Crippen LogP contribution in [0.4, 0.5) is 4.79 Å². The van der Waals surface area contributed by atoms with Gasteiger partial charge in [-0.15, -0.1) is 11.6 Å². The predicted molar refractivity (Wildman–Crippen MR) is 180 cm³/mol. The monoisotopic (exact) mass is 625 g/mol. The van der Waals surface area contributed by atoms with E-state index >= 15 is 0 Å². The molecule has 4 aromatic carbocycles. The van der Waals surface area contributed by atoms with Crippen LogP contribution < -0.4 is 9.47 Å². The first-order valence-electron chi connectivity index (χ1n) is 15.0. The lowest BCUT2D eigenvalue weighted by atomic mass is 9.88. The molecule has 0 heterocycles. The number of amides is 1. The number of rotatable bonds is 12. The highest BCUT2D eigenvalue weighted by Gasteiger charge is 2.24. The van der Waals surface area contributed by atoms with Gasteiger partial charge in [0.25, 0.3) is 0 Å². The highest BCUT2D eigenvalue weighted by atomic mass is 35.5. The number of ether oxygens (including phenoxy) is 3. The molecule has 0 aliphatic heterocycles. The Hall–Kier alpha value is -4.55. The number of benzene rings is 4. The summed E-state index contributed by atoms with van der Waals surface area (Å²) in [6.07, 6.45) is 0.256. The maximum Gasteiger partial charge on any atom is 0.409 e. The molecule has 0 unspecified atom stereocenters. The SMILES string of the molecule is CN(CCOc1ccc(C(=C(CCCl)c2ccccc2)c2ccc(OC(=O)C(C)(C)C)cc2)cc1)C(=O)OCc1ccccc1. The van der Waals surface area contributed by atoms with E-state index in [-0.39, 0.29) is 12.6 Å². The van der Waals surface area contributed by atoms with Crippen molar-refractivity contribution in [2.45, 2.75) is 33.8 Å². The zero-order valence-corrected chi connectivity index (χ0v) is 27.1. The van der Waals surface area contributed by atoms with Crippen molar-refractivity contribution in [3.05, 3.63) is 131 Å². The van der Waals surface area contributed by atoms with Gasteiger partial charge in [-0.05, 0) is 84.9 Å². The molecular formula is C38H40ClNO5. The van der Waals surface area contributed by atoms with Gasteiger partial charge >= 0.3 is 12.1 Å². The maximum atomic E-state index is 12.4. The second-order valence-electron chi connectivity index (χ2n) is 11.7. The third kappa shape index (κ3) is 9.72. The van der Waals surface area contributed by atoms with Gasteiger partial charge in [-0.1, -0.05) is 84.9 Å². The van der Waals surface area contributed by atoms with Gasteiger partial charge in [0.15, 0.2) is 0 Å². The first-order chi connectivity index (χ1) is 21.7. The largest absolute Gasteiger partial charge is 0.492 e. The van der Waals surface area contributed by atoms with Crippen LogP contribution in [-0.4, -0.2) is 43.0 Å². The minimum atomic E-state index is -0.602. The molecule has 4 rings (SSSR count). The fraction of sp³-hybridized carbons (Fsp3) is 0.263. The molecule has 0 radical (unpaired) electrons. The molecule has 0 spiro atoms. The van der Waals surface area contributed by atoms with Gasteiger partial charge in [0, 0.05) is 12.9 Å². The van der Waals surface area contributed by atoms with E-state index in [2.05, 4.69) is 12.1 Å². The minimum absolute atomic E-state index is 0.224. The van der Waals surface area contributed by atoms with Crippen LogP contribution >= 0.6 is 11.6 Å². The van der Waals surface area contributed by atoms with Gasteiger partial charge in [0.05, 0.1) is 12.0 Å². The van der Waals surface area contributed by atoms with E-state index in [0.29, 0.717) is 37.0 Å². The molecule has 0 aliphatic carbocycles. The summed E-state index contributed by atoms with van der Waals surface area (Å²) < 4.78 is 17.0. The van der Waals surface area contributed by atoms with Crippen LogP contribution in [0.1, 0.15) is 49.4 Å². The van der Waals surface area contributed by atoms with Crippen LogP contribution in [0.3, 0.4) is 0 Å². The summed E-state index contributed by atoms with van der Waals surface area (Å²) in [6.45, 7) is 6.40. The molecule has 6 nitrogen and oxygen atoms in total. The number of nitrogens with zero attached hydrogens (tertiary/aromatic N) is 1. The minimum Gasteiger partial charge on any atom is -0.492 e. The van der Waals surface area contributed by atoms with Crippen LogP contribution in [0.15, 0.2) is 109 Å². The van der Waals surface area contributed by atoms with Crippen molar-refractivity contribution >= 4 is 34.8 Å². The molecule has 0 N–H and O–H groups in total. The Kier molecular flexibility index (Phi) is 11.8. The number of hydrogen-bond donors (Lipinski definition) is 0.